The summed E-state index contributed by atoms with van der Waals surface area (Å²) in [7, 11) is 0. The van der Waals surface area contributed by atoms with Crippen LogP contribution in [0.5, 0.6) is 5.75 Å². The Balaban J connectivity index is 1.58. The number of hydrogen-bond acceptors (Lipinski definition) is 7. The summed E-state index contributed by atoms with van der Waals surface area (Å²) in [6, 6.07) is 13.7. The third-order valence-corrected chi connectivity index (χ3v) is 7.32. The van der Waals surface area contributed by atoms with Gasteiger partial charge in [-0.05, 0) is 62.6 Å². The van der Waals surface area contributed by atoms with E-state index >= 15 is 0 Å². The van der Waals surface area contributed by atoms with Crippen LogP contribution in [0.25, 0.3) is 0 Å². The third-order valence-electron chi connectivity index (χ3n) is 7.32. The molecule has 0 aliphatic carbocycles. The first kappa shape index (κ1) is 36.7. The number of ether oxygens (including phenoxy) is 4. The molecule has 0 fully saturated rings. The Labute approximate surface area is 264 Å². The van der Waals surface area contributed by atoms with Crippen molar-refractivity contribution in [1.82, 2.24) is 0 Å². The zero-order valence-corrected chi connectivity index (χ0v) is 26.9. The van der Waals surface area contributed by atoms with Crippen LogP contribution in [0.15, 0.2) is 61.2 Å². The second-order valence-corrected chi connectivity index (χ2v) is 11.2. The van der Waals surface area contributed by atoms with Gasteiger partial charge in [0.15, 0.2) is 5.78 Å². The topological polar surface area (TPSA) is 88.1 Å². The van der Waals surface area contributed by atoms with E-state index in [0.717, 1.165) is 44.3 Å². The van der Waals surface area contributed by atoms with E-state index in [1.54, 1.807) is 36.4 Å². The Bertz CT molecular complexity index is 1090. The van der Waals surface area contributed by atoms with E-state index in [0.29, 0.717) is 36.5 Å². The molecule has 0 saturated heterocycles. The van der Waals surface area contributed by atoms with E-state index in [1.165, 1.54) is 51.0 Å². The fourth-order valence-electron chi connectivity index (χ4n) is 4.63. The van der Waals surface area contributed by atoms with E-state index in [-0.39, 0.29) is 24.5 Å². The standard InChI is InChI=1S/C37H52O7/c1-4-6-7-15-26-41-30(3)29-44-37(40)33-20-18-31(19-21-33)36(39)32-22-24-34(25-23-32)42-27-16-13-11-9-8-10-12-14-17-28-43-35(38)5-2/h5,18-25,30H,2,4,6-17,26-29H2,1,3H3. The van der Waals surface area contributed by atoms with Crippen molar-refractivity contribution in [2.75, 3.05) is 26.4 Å². The van der Waals surface area contributed by atoms with Crippen molar-refractivity contribution < 1.29 is 33.3 Å². The fourth-order valence-corrected chi connectivity index (χ4v) is 4.63. The van der Waals surface area contributed by atoms with Crippen LogP contribution in [0, 0.1) is 0 Å². The molecule has 44 heavy (non-hydrogen) atoms. The molecule has 0 amide bonds. The van der Waals surface area contributed by atoms with Gasteiger partial charge in [-0.25, -0.2) is 9.59 Å². The van der Waals surface area contributed by atoms with Crippen molar-refractivity contribution in [3.63, 3.8) is 0 Å². The van der Waals surface area contributed by atoms with Crippen LogP contribution in [-0.4, -0.2) is 50.3 Å². The van der Waals surface area contributed by atoms with Gasteiger partial charge < -0.3 is 18.9 Å². The maximum Gasteiger partial charge on any atom is 0.338 e. The van der Waals surface area contributed by atoms with Crippen LogP contribution in [0.1, 0.15) is 124 Å². The minimum absolute atomic E-state index is 0.113. The van der Waals surface area contributed by atoms with Crippen molar-refractivity contribution in [3.8, 4) is 5.75 Å². The molecule has 1 unspecified atom stereocenters. The molecule has 7 heteroatoms. The van der Waals surface area contributed by atoms with Crippen molar-refractivity contribution in [3.05, 3.63) is 77.9 Å². The number of unbranched alkanes of at least 4 members (excludes halogenated alkanes) is 11. The Morgan fingerprint density at radius 1 is 0.659 bits per heavy atom. The zero-order valence-electron chi connectivity index (χ0n) is 26.9. The number of esters is 2. The lowest BCUT2D eigenvalue weighted by atomic mass is 10.0. The van der Waals surface area contributed by atoms with Gasteiger partial charge in [0.2, 0.25) is 0 Å². The van der Waals surface area contributed by atoms with E-state index < -0.39 is 5.97 Å². The summed E-state index contributed by atoms with van der Waals surface area (Å²) in [6.45, 7) is 9.45. The molecule has 2 aromatic rings. The van der Waals surface area contributed by atoms with Gasteiger partial charge in [0.05, 0.1) is 24.9 Å². The maximum atomic E-state index is 12.9. The SMILES string of the molecule is C=CC(=O)OCCCCCCCCCCCOc1ccc(C(=O)c2ccc(C(=O)OCC(C)OCCCCCC)cc2)cc1. The van der Waals surface area contributed by atoms with E-state index in [1.807, 2.05) is 19.1 Å². The van der Waals surface area contributed by atoms with Crippen molar-refractivity contribution >= 4 is 17.7 Å². The van der Waals surface area contributed by atoms with Crippen molar-refractivity contribution in [2.45, 2.75) is 103 Å². The summed E-state index contributed by atoms with van der Waals surface area (Å²) in [5.74, 6) is -0.138. The summed E-state index contributed by atoms with van der Waals surface area (Å²) in [5.41, 5.74) is 1.48. The second kappa shape index (κ2) is 23.0. The molecule has 0 aromatic heterocycles. The Morgan fingerprint density at radius 2 is 1.16 bits per heavy atom. The van der Waals surface area contributed by atoms with E-state index in [2.05, 4.69) is 13.5 Å². The monoisotopic (exact) mass is 608 g/mol. The minimum atomic E-state index is -0.427. The molecule has 0 aliphatic rings. The molecule has 2 aromatic carbocycles. The Hall–Kier alpha value is -3.45. The molecule has 0 N–H and O–H groups in total. The van der Waals surface area contributed by atoms with Gasteiger partial charge in [-0.3, -0.25) is 4.79 Å². The highest BCUT2D eigenvalue weighted by Gasteiger charge is 2.13. The summed E-state index contributed by atoms with van der Waals surface area (Å²) in [5, 5.41) is 0. The first-order chi connectivity index (χ1) is 21.4. The van der Waals surface area contributed by atoms with Crippen molar-refractivity contribution in [2.24, 2.45) is 0 Å². The van der Waals surface area contributed by atoms with Crippen LogP contribution in [-0.2, 0) is 19.0 Å². The van der Waals surface area contributed by atoms with Gasteiger partial charge in [-0.15, -0.1) is 0 Å². The third kappa shape index (κ3) is 15.9. The zero-order chi connectivity index (χ0) is 31.8. The normalized spacial score (nSPS) is 11.5. The lowest BCUT2D eigenvalue weighted by Gasteiger charge is -2.13. The number of rotatable bonds is 25. The number of ketones is 1. The molecule has 0 aliphatic heterocycles. The molecular formula is C37H52O7. The minimum Gasteiger partial charge on any atom is -0.494 e. The van der Waals surface area contributed by atoms with Gasteiger partial charge in [-0.2, -0.15) is 0 Å². The average Bonchev–Trinajstić information content (AvgIpc) is 3.05. The van der Waals surface area contributed by atoms with Gasteiger partial charge in [0.1, 0.15) is 12.4 Å². The largest absolute Gasteiger partial charge is 0.494 e. The van der Waals surface area contributed by atoms with Gasteiger partial charge in [0.25, 0.3) is 0 Å². The predicted octanol–water partition coefficient (Wildman–Crippen LogP) is 8.68. The Kier molecular flexibility index (Phi) is 19.2. The first-order valence-corrected chi connectivity index (χ1v) is 16.4. The van der Waals surface area contributed by atoms with Crippen LogP contribution in [0.3, 0.4) is 0 Å². The molecule has 7 nitrogen and oxygen atoms in total. The fraction of sp³-hybridized carbons (Fsp3) is 0.541. The van der Waals surface area contributed by atoms with Gasteiger partial charge in [0, 0.05) is 23.8 Å². The Morgan fingerprint density at radius 3 is 1.75 bits per heavy atom. The molecule has 0 radical (unpaired) electrons. The average molecular weight is 609 g/mol. The van der Waals surface area contributed by atoms with Crippen LogP contribution in [0.2, 0.25) is 0 Å². The van der Waals surface area contributed by atoms with Crippen LogP contribution < -0.4 is 4.74 Å². The van der Waals surface area contributed by atoms with E-state index in [9.17, 15) is 14.4 Å². The highest BCUT2D eigenvalue weighted by atomic mass is 16.6. The molecule has 1 atom stereocenters. The van der Waals surface area contributed by atoms with Crippen molar-refractivity contribution in [1.29, 1.82) is 0 Å². The molecular weight excluding hydrogens is 556 g/mol. The van der Waals surface area contributed by atoms with E-state index in [4.69, 9.17) is 18.9 Å². The molecule has 0 spiro atoms. The quantitative estimate of drug-likeness (QED) is 0.0482. The summed E-state index contributed by atoms with van der Waals surface area (Å²) >= 11 is 0. The van der Waals surface area contributed by atoms with Gasteiger partial charge >= 0.3 is 11.9 Å². The second-order valence-electron chi connectivity index (χ2n) is 11.2. The lowest BCUT2D eigenvalue weighted by Crippen LogP contribution is -2.19. The molecule has 2 rings (SSSR count). The molecule has 0 saturated carbocycles. The molecule has 0 heterocycles. The van der Waals surface area contributed by atoms with Crippen LogP contribution >= 0.6 is 0 Å². The summed E-state index contributed by atoms with van der Waals surface area (Å²) in [6.07, 6.45) is 15.7. The lowest BCUT2D eigenvalue weighted by molar-refractivity contribution is -0.137. The predicted molar refractivity (Wildman–Crippen MR) is 174 cm³/mol. The number of hydrogen-bond donors (Lipinski definition) is 0. The van der Waals surface area contributed by atoms with Crippen LogP contribution in [0.4, 0.5) is 0 Å². The number of carbonyl (C=O) groups excluding carboxylic acids is 3. The first-order valence-electron chi connectivity index (χ1n) is 16.4. The highest BCUT2D eigenvalue weighted by Crippen LogP contribution is 2.17. The molecule has 0 bridgehead atoms. The maximum absolute atomic E-state index is 12.9. The van der Waals surface area contributed by atoms with Gasteiger partial charge in [-0.1, -0.05) is 89.8 Å². The smallest absolute Gasteiger partial charge is 0.338 e. The summed E-state index contributed by atoms with van der Waals surface area (Å²) in [4.78, 5) is 36.3. The molecule has 242 valence electrons. The summed E-state index contributed by atoms with van der Waals surface area (Å²) < 4.78 is 21.9. The number of carbonyl (C=O) groups is 3. The number of benzene rings is 2. The highest BCUT2D eigenvalue weighted by molar-refractivity contribution is 6.09.